The summed E-state index contributed by atoms with van der Waals surface area (Å²) in [6.45, 7) is 8.09. The average molecular weight is 377 g/mol. The lowest BCUT2D eigenvalue weighted by Gasteiger charge is -2.35. The van der Waals surface area contributed by atoms with Crippen LogP contribution in [0.15, 0.2) is 48.5 Å². The van der Waals surface area contributed by atoms with Gasteiger partial charge in [0.05, 0.1) is 11.0 Å². The number of amides is 2. The smallest absolute Gasteiger partial charge is 0.321 e. The Labute approximate surface area is 165 Å². The molecule has 2 amide bonds. The van der Waals surface area contributed by atoms with Gasteiger partial charge in [-0.05, 0) is 43.2 Å². The Balaban J connectivity index is 1.41. The van der Waals surface area contributed by atoms with Gasteiger partial charge in [-0.25, -0.2) is 9.78 Å². The maximum Gasteiger partial charge on any atom is 0.321 e. The fourth-order valence-electron chi connectivity index (χ4n) is 3.75. The number of hydrogen-bond acceptors (Lipinski definition) is 3. The Morgan fingerprint density at radius 1 is 1.00 bits per heavy atom. The lowest BCUT2D eigenvalue weighted by molar-refractivity contribution is 0.208. The van der Waals surface area contributed by atoms with E-state index in [0.717, 1.165) is 48.7 Å². The van der Waals surface area contributed by atoms with Crippen LogP contribution in [0, 0.1) is 0 Å². The number of nitrogens with one attached hydrogen (secondary N) is 1. The number of urea groups is 1. The van der Waals surface area contributed by atoms with E-state index in [4.69, 9.17) is 4.98 Å². The number of aryl methyl sites for hydroxylation is 2. The highest BCUT2D eigenvalue weighted by Gasteiger charge is 2.24. The summed E-state index contributed by atoms with van der Waals surface area (Å²) in [5.74, 6) is 0.999. The Bertz CT molecular complexity index is 955. The van der Waals surface area contributed by atoms with Crippen LogP contribution in [-0.4, -0.2) is 46.7 Å². The Hall–Kier alpha value is -3.02. The summed E-state index contributed by atoms with van der Waals surface area (Å²) in [7, 11) is 0. The molecule has 1 aromatic heterocycles. The highest BCUT2D eigenvalue weighted by atomic mass is 16.2. The van der Waals surface area contributed by atoms with Crippen molar-refractivity contribution in [2.45, 2.75) is 26.8 Å². The van der Waals surface area contributed by atoms with Crippen molar-refractivity contribution < 1.29 is 4.79 Å². The van der Waals surface area contributed by atoms with E-state index in [9.17, 15) is 4.79 Å². The molecule has 0 bridgehead atoms. The third-order valence-electron chi connectivity index (χ3n) is 5.41. The van der Waals surface area contributed by atoms with Gasteiger partial charge in [0.1, 0.15) is 0 Å². The third-order valence-corrected chi connectivity index (χ3v) is 5.41. The molecule has 2 aromatic carbocycles. The molecule has 0 radical (unpaired) electrons. The van der Waals surface area contributed by atoms with Crippen LogP contribution in [0.25, 0.3) is 11.0 Å². The summed E-state index contributed by atoms with van der Waals surface area (Å²) < 4.78 is 2.25. The minimum atomic E-state index is -0.0344. The van der Waals surface area contributed by atoms with Gasteiger partial charge in [-0.15, -0.1) is 0 Å². The quantitative estimate of drug-likeness (QED) is 0.748. The number of carbonyl (C=O) groups is 1. The molecule has 0 spiro atoms. The van der Waals surface area contributed by atoms with Crippen molar-refractivity contribution >= 4 is 28.7 Å². The SMILES string of the molecule is CCc1ccc(NC(=O)N2CCN(c3nc4ccccc4n3CC)CC2)cc1. The Kier molecular flexibility index (Phi) is 5.19. The van der Waals surface area contributed by atoms with Gasteiger partial charge in [-0.3, -0.25) is 0 Å². The van der Waals surface area contributed by atoms with Crippen molar-refractivity contribution in [3.63, 3.8) is 0 Å². The number of nitrogens with zero attached hydrogens (tertiary/aromatic N) is 4. The fraction of sp³-hybridized carbons (Fsp3) is 0.364. The van der Waals surface area contributed by atoms with E-state index < -0.39 is 0 Å². The third kappa shape index (κ3) is 3.54. The number of anilines is 2. The second kappa shape index (κ2) is 7.92. The number of para-hydroxylation sites is 2. The number of imidazole rings is 1. The summed E-state index contributed by atoms with van der Waals surface area (Å²) in [6.07, 6.45) is 0.999. The first-order valence-corrected chi connectivity index (χ1v) is 10.0. The first-order chi connectivity index (χ1) is 13.7. The highest BCUT2D eigenvalue weighted by molar-refractivity contribution is 5.89. The first kappa shape index (κ1) is 18.3. The second-order valence-electron chi connectivity index (χ2n) is 7.10. The zero-order valence-corrected chi connectivity index (χ0v) is 16.6. The molecule has 1 fully saturated rings. The second-order valence-corrected chi connectivity index (χ2v) is 7.10. The van der Waals surface area contributed by atoms with E-state index in [0.29, 0.717) is 13.1 Å². The minimum absolute atomic E-state index is 0.0344. The van der Waals surface area contributed by atoms with Gasteiger partial charge < -0.3 is 19.7 Å². The molecule has 6 heteroatoms. The number of rotatable bonds is 4. The number of carbonyl (C=O) groups excluding carboxylic acids is 1. The van der Waals surface area contributed by atoms with Crippen LogP contribution < -0.4 is 10.2 Å². The summed E-state index contributed by atoms with van der Waals surface area (Å²) in [5.41, 5.74) is 4.30. The fourth-order valence-corrected chi connectivity index (χ4v) is 3.75. The monoisotopic (exact) mass is 377 g/mol. The van der Waals surface area contributed by atoms with Crippen LogP contribution in [0.5, 0.6) is 0 Å². The average Bonchev–Trinajstić information content (AvgIpc) is 3.13. The van der Waals surface area contributed by atoms with Gasteiger partial charge in [-0.2, -0.15) is 0 Å². The van der Waals surface area contributed by atoms with Gasteiger partial charge in [0.15, 0.2) is 0 Å². The zero-order chi connectivity index (χ0) is 19.5. The molecule has 1 aliphatic heterocycles. The summed E-state index contributed by atoms with van der Waals surface area (Å²) in [4.78, 5) is 21.6. The Morgan fingerprint density at radius 2 is 1.71 bits per heavy atom. The van der Waals surface area contributed by atoms with E-state index in [1.54, 1.807) is 0 Å². The minimum Gasteiger partial charge on any atom is -0.339 e. The van der Waals surface area contributed by atoms with Crippen LogP contribution in [-0.2, 0) is 13.0 Å². The van der Waals surface area contributed by atoms with Crippen LogP contribution in [0.1, 0.15) is 19.4 Å². The van der Waals surface area contributed by atoms with Gasteiger partial charge in [0.2, 0.25) is 5.95 Å². The lowest BCUT2D eigenvalue weighted by atomic mass is 10.1. The molecule has 2 heterocycles. The molecule has 0 aliphatic carbocycles. The summed E-state index contributed by atoms with van der Waals surface area (Å²) in [6, 6.07) is 16.3. The number of aromatic nitrogens is 2. The van der Waals surface area contributed by atoms with E-state index in [2.05, 4.69) is 59.0 Å². The largest absolute Gasteiger partial charge is 0.339 e. The van der Waals surface area contributed by atoms with E-state index >= 15 is 0 Å². The molecule has 0 atom stereocenters. The standard InChI is InChI=1S/C22H27N5O/c1-3-17-9-11-18(12-10-17)23-22(28)26-15-13-25(14-16-26)21-24-19-7-5-6-8-20(19)27(21)4-2/h5-12H,3-4,13-16H2,1-2H3,(H,23,28). The molecule has 0 unspecified atom stereocenters. The molecule has 146 valence electrons. The van der Waals surface area contributed by atoms with Crippen molar-refractivity contribution in [3.8, 4) is 0 Å². The predicted octanol–water partition coefficient (Wildman–Crippen LogP) is 3.97. The highest BCUT2D eigenvalue weighted by Crippen LogP contribution is 2.23. The van der Waals surface area contributed by atoms with E-state index in [1.807, 2.05) is 23.1 Å². The molecule has 1 saturated heterocycles. The molecular formula is C22H27N5O. The normalized spacial score (nSPS) is 14.5. The maximum atomic E-state index is 12.6. The molecule has 6 nitrogen and oxygen atoms in total. The molecule has 1 aliphatic rings. The van der Waals surface area contributed by atoms with Crippen LogP contribution >= 0.6 is 0 Å². The summed E-state index contributed by atoms with van der Waals surface area (Å²) in [5, 5.41) is 3.01. The molecule has 28 heavy (non-hydrogen) atoms. The molecule has 0 saturated carbocycles. The number of fused-ring (bicyclic) bond motifs is 1. The topological polar surface area (TPSA) is 53.4 Å². The molecule has 3 aromatic rings. The zero-order valence-electron chi connectivity index (χ0n) is 16.6. The van der Waals surface area contributed by atoms with Gasteiger partial charge >= 0.3 is 6.03 Å². The predicted molar refractivity (Wildman–Crippen MR) is 114 cm³/mol. The molecule has 4 rings (SSSR count). The van der Waals surface area contributed by atoms with Gasteiger partial charge in [0, 0.05) is 38.4 Å². The van der Waals surface area contributed by atoms with Gasteiger partial charge in [0.25, 0.3) is 0 Å². The summed E-state index contributed by atoms with van der Waals surface area (Å²) >= 11 is 0. The van der Waals surface area contributed by atoms with Crippen molar-refractivity contribution in [1.29, 1.82) is 0 Å². The van der Waals surface area contributed by atoms with Crippen molar-refractivity contribution in [1.82, 2.24) is 14.5 Å². The first-order valence-electron chi connectivity index (χ1n) is 10.0. The Morgan fingerprint density at radius 3 is 2.39 bits per heavy atom. The van der Waals surface area contributed by atoms with Crippen LogP contribution in [0.3, 0.4) is 0 Å². The maximum absolute atomic E-state index is 12.6. The van der Waals surface area contributed by atoms with Crippen molar-refractivity contribution in [2.24, 2.45) is 0 Å². The van der Waals surface area contributed by atoms with Gasteiger partial charge in [-0.1, -0.05) is 31.2 Å². The van der Waals surface area contributed by atoms with Crippen LogP contribution in [0.4, 0.5) is 16.4 Å². The lowest BCUT2D eigenvalue weighted by Crippen LogP contribution is -2.50. The molecule has 1 N–H and O–H groups in total. The van der Waals surface area contributed by atoms with Crippen molar-refractivity contribution in [2.75, 3.05) is 36.4 Å². The van der Waals surface area contributed by atoms with E-state index in [-0.39, 0.29) is 6.03 Å². The van der Waals surface area contributed by atoms with Crippen molar-refractivity contribution in [3.05, 3.63) is 54.1 Å². The number of piperazine rings is 1. The van der Waals surface area contributed by atoms with Crippen LogP contribution in [0.2, 0.25) is 0 Å². The number of hydrogen-bond donors (Lipinski definition) is 1. The van der Waals surface area contributed by atoms with E-state index in [1.165, 1.54) is 5.56 Å². The molecular weight excluding hydrogens is 350 g/mol. The number of benzene rings is 2.